The van der Waals surface area contributed by atoms with Gasteiger partial charge in [-0.2, -0.15) is 4.98 Å². The van der Waals surface area contributed by atoms with Crippen molar-refractivity contribution in [2.75, 3.05) is 26.6 Å². The molecule has 30 heavy (non-hydrogen) atoms. The number of carbonyl (C=O) groups excluding carboxylic acids is 1. The van der Waals surface area contributed by atoms with Crippen molar-refractivity contribution < 1.29 is 23.5 Å². The minimum absolute atomic E-state index is 0.0526. The summed E-state index contributed by atoms with van der Waals surface area (Å²) in [5.41, 5.74) is 2.61. The minimum Gasteiger partial charge on any atom is -0.493 e. The number of ether oxygens (including phenoxy) is 3. The number of aromatic nitrogens is 2. The summed E-state index contributed by atoms with van der Waals surface area (Å²) in [6, 6.07) is 11.2. The standard InChI is InChI=1S/C22H25N3O5/c1-14-8-10-16(11-9-14)23-19(26)6-5-7-20-24-22(25-30-20)15-12-17(27-2)21(29-4)18(13-15)28-3/h8-13H,5-7H2,1-4H3,(H,23,26). The molecule has 0 saturated heterocycles. The Bertz CT molecular complexity index is 973. The molecule has 0 atom stereocenters. The monoisotopic (exact) mass is 411 g/mol. The van der Waals surface area contributed by atoms with Gasteiger partial charge in [0.15, 0.2) is 11.5 Å². The molecule has 0 spiro atoms. The molecule has 1 aromatic heterocycles. The Labute approximate surface area is 175 Å². The van der Waals surface area contributed by atoms with E-state index in [1.165, 1.54) is 0 Å². The van der Waals surface area contributed by atoms with Crippen molar-refractivity contribution in [1.82, 2.24) is 10.1 Å². The van der Waals surface area contributed by atoms with E-state index in [9.17, 15) is 4.79 Å². The first-order chi connectivity index (χ1) is 14.5. The van der Waals surface area contributed by atoms with Gasteiger partial charge in [-0.15, -0.1) is 0 Å². The second-order valence-corrected chi connectivity index (χ2v) is 6.69. The lowest BCUT2D eigenvalue weighted by molar-refractivity contribution is -0.116. The maximum Gasteiger partial charge on any atom is 0.226 e. The number of hydrogen-bond donors (Lipinski definition) is 1. The zero-order valence-corrected chi connectivity index (χ0v) is 17.5. The lowest BCUT2D eigenvalue weighted by Crippen LogP contribution is -2.11. The quantitative estimate of drug-likeness (QED) is 0.568. The Kier molecular flexibility index (Phi) is 6.90. The van der Waals surface area contributed by atoms with Crippen LogP contribution >= 0.6 is 0 Å². The lowest BCUT2D eigenvalue weighted by atomic mass is 10.1. The van der Waals surface area contributed by atoms with Gasteiger partial charge in [0.25, 0.3) is 0 Å². The Hall–Kier alpha value is -3.55. The number of nitrogens with zero attached hydrogens (tertiary/aromatic N) is 2. The Morgan fingerprint density at radius 2 is 1.70 bits per heavy atom. The number of anilines is 1. The molecule has 0 unspecified atom stereocenters. The van der Waals surface area contributed by atoms with E-state index in [1.54, 1.807) is 33.5 Å². The number of rotatable bonds is 9. The number of carbonyl (C=O) groups is 1. The number of aryl methyl sites for hydroxylation is 2. The molecule has 0 bridgehead atoms. The van der Waals surface area contributed by atoms with E-state index in [1.807, 2.05) is 31.2 Å². The highest BCUT2D eigenvalue weighted by molar-refractivity contribution is 5.90. The lowest BCUT2D eigenvalue weighted by Gasteiger charge is -2.12. The van der Waals surface area contributed by atoms with Gasteiger partial charge in [-0.3, -0.25) is 4.79 Å². The summed E-state index contributed by atoms with van der Waals surface area (Å²) in [5.74, 6) is 2.32. The fraction of sp³-hybridized carbons (Fsp3) is 0.318. The maximum atomic E-state index is 12.1. The third-order valence-electron chi connectivity index (χ3n) is 4.52. The summed E-state index contributed by atoms with van der Waals surface area (Å²) in [7, 11) is 4.64. The third kappa shape index (κ3) is 5.08. The molecule has 1 heterocycles. The summed E-state index contributed by atoms with van der Waals surface area (Å²) in [6.07, 6.45) is 1.45. The molecule has 8 heteroatoms. The summed E-state index contributed by atoms with van der Waals surface area (Å²) in [5, 5.41) is 6.91. The molecule has 1 N–H and O–H groups in total. The summed E-state index contributed by atoms with van der Waals surface area (Å²) in [6.45, 7) is 2.00. The Morgan fingerprint density at radius 1 is 1.03 bits per heavy atom. The molecule has 0 aliphatic rings. The van der Waals surface area contributed by atoms with E-state index in [0.29, 0.717) is 53.8 Å². The van der Waals surface area contributed by atoms with Crippen LogP contribution in [0, 0.1) is 6.92 Å². The first-order valence-electron chi connectivity index (χ1n) is 9.53. The molecule has 8 nitrogen and oxygen atoms in total. The second-order valence-electron chi connectivity index (χ2n) is 6.69. The van der Waals surface area contributed by atoms with E-state index < -0.39 is 0 Å². The molecule has 0 fully saturated rings. The SMILES string of the molecule is COc1cc(-c2noc(CCCC(=O)Nc3ccc(C)cc3)n2)cc(OC)c1OC. The van der Waals surface area contributed by atoms with Crippen molar-refractivity contribution >= 4 is 11.6 Å². The fourth-order valence-electron chi connectivity index (χ4n) is 2.94. The third-order valence-corrected chi connectivity index (χ3v) is 4.52. The van der Waals surface area contributed by atoms with E-state index in [4.69, 9.17) is 18.7 Å². The molecule has 0 aliphatic heterocycles. The van der Waals surface area contributed by atoms with Crippen molar-refractivity contribution in [2.24, 2.45) is 0 Å². The van der Waals surface area contributed by atoms with Crippen LogP contribution in [-0.2, 0) is 11.2 Å². The topological polar surface area (TPSA) is 95.7 Å². The van der Waals surface area contributed by atoms with E-state index >= 15 is 0 Å². The van der Waals surface area contributed by atoms with Crippen LogP contribution in [0.3, 0.4) is 0 Å². The fourth-order valence-corrected chi connectivity index (χ4v) is 2.94. The highest BCUT2D eigenvalue weighted by atomic mass is 16.5. The molecule has 0 aliphatic carbocycles. The first kappa shape index (κ1) is 21.2. The zero-order valence-electron chi connectivity index (χ0n) is 17.5. The highest BCUT2D eigenvalue weighted by Crippen LogP contribution is 2.40. The van der Waals surface area contributed by atoms with Crippen LogP contribution in [0.25, 0.3) is 11.4 Å². The summed E-state index contributed by atoms with van der Waals surface area (Å²) < 4.78 is 21.4. The summed E-state index contributed by atoms with van der Waals surface area (Å²) >= 11 is 0. The minimum atomic E-state index is -0.0526. The van der Waals surface area contributed by atoms with Crippen molar-refractivity contribution in [2.45, 2.75) is 26.2 Å². The van der Waals surface area contributed by atoms with Crippen LogP contribution < -0.4 is 19.5 Å². The van der Waals surface area contributed by atoms with Gasteiger partial charge in [-0.25, -0.2) is 0 Å². The Balaban J connectivity index is 1.60. The maximum absolute atomic E-state index is 12.1. The zero-order chi connectivity index (χ0) is 21.5. The van der Waals surface area contributed by atoms with Gasteiger partial charge in [-0.1, -0.05) is 22.9 Å². The van der Waals surface area contributed by atoms with Crippen LogP contribution in [0.4, 0.5) is 5.69 Å². The van der Waals surface area contributed by atoms with Crippen LogP contribution in [-0.4, -0.2) is 37.4 Å². The van der Waals surface area contributed by atoms with Crippen molar-refractivity contribution in [3.8, 4) is 28.6 Å². The van der Waals surface area contributed by atoms with Crippen LogP contribution in [0.1, 0.15) is 24.3 Å². The summed E-state index contributed by atoms with van der Waals surface area (Å²) in [4.78, 5) is 16.5. The van der Waals surface area contributed by atoms with Gasteiger partial charge in [0.05, 0.1) is 21.3 Å². The molecule has 0 saturated carbocycles. The second kappa shape index (κ2) is 9.78. The number of hydrogen-bond acceptors (Lipinski definition) is 7. The predicted octanol–water partition coefficient (Wildman–Crippen LogP) is 4.03. The Morgan fingerprint density at radius 3 is 2.30 bits per heavy atom. The van der Waals surface area contributed by atoms with Crippen LogP contribution in [0.15, 0.2) is 40.9 Å². The largest absolute Gasteiger partial charge is 0.493 e. The van der Waals surface area contributed by atoms with Gasteiger partial charge in [0, 0.05) is 24.1 Å². The van der Waals surface area contributed by atoms with Gasteiger partial charge in [-0.05, 0) is 37.6 Å². The highest BCUT2D eigenvalue weighted by Gasteiger charge is 2.17. The van der Waals surface area contributed by atoms with Crippen LogP contribution in [0.5, 0.6) is 17.2 Å². The number of methoxy groups -OCH3 is 3. The van der Waals surface area contributed by atoms with Crippen molar-refractivity contribution in [3.05, 3.63) is 47.9 Å². The van der Waals surface area contributed by atoms with Gasteiger partial charge < -0.3 is 24.1 Å². The normalized spacial score (nSPS) is 10.5. The van der Waals surface area contributed by atoms with E-state index in [-0.39, 0.29) is 5.91 Å². The molecule has 158 valence electrons. The van der Waals surface area contributed by atoms with Crippen molar-refractivity contribution in [3.63, 3.8) is 0 Å². The molecule has 0 radical (unpaired) electrons. The van der Waals surface area contributed by atoms with Crippen molar-refractivity contribution in [1.29, 1.82) is 0 Å². The average molecular weight is 411 g/mol. The van der Waals surface area contributed by atoms with E-state index in [0.717, 1.165) is 11.3 Å². The van der Waals surface area contributed by atoms with E-state index in [2.05, 4.69) is 15.5 Å². The van der Waals surface area contributed by atoms with Gasteiger partial charge in [0.1, 0.15) is 0 Å². The van der Waals surface area contributed by atoms with Gasteiger partial charge >= 0.3 is 0 Å². The van der Waals surface area contributed by atoms with Crippen LogP contribution in [0.2, 0.25) is 0 Å². The average Bonchev–Trinajstić information content (AvgIpc) is 3.23. The first-order valence-corrected chi connectivity index (χ1v) is 9.53. The molecular formula is C22H25N3O5. The number of nitrogens with one attached hydrogen (secondary N) is 1. The molecule has 3 rings (SSSR count). The number of amides is 1. The number of benzene rings is 2. The molecular weight excluding hydrogens is 386 g/mol. The smallest absolute Gasteiger partial charge is 0.226 e. The molecule has 2 aromatic carbocycles. The molecule has 3 aromatic rings. The predicted molar refractivity (Wildman–Crippen MR) is 112 cm³/mol. The van der Waals surface area contributed by atoms with Gasteiger partial charge in [0.2, 0.25) is 23.4 Å². The molecule has 1 amide bonds.